The number of aromatic hydroxyl groups is 1. The highest BCUT2D eigenvalue weighted by atomic mass is 16.5. The fourth-order valence-corrected chi connectivity index (χ4v) is 1.72. The van der Waals surface area contributed by atoms with Gasteiger partial charge in [0.25, 0.3) is 5.91 Å². The van der Waals surface area contributed by atoms with E-state index in [2.05, 4.69) is 10.3 Å². The Labute approximate surface area is 119 Å². The van der Waals surface area contributed by atoms with Crippen LogP contribution in [0.1, 0.15) is 20.7 Å². The number of anilines is 1. The summed E-state index contributed by atoms with van der Waals surface area (Å²) in [5.74, 6) is -1.79. The van der Waals surface area contributed by atoms with Crippen molar-refractivity contribution in [2.75, 3.05) is 12.4 Å². The van der Waals surface area contributed by atoms with Crippen molar-refractivity contribution in [1.29, 1.82) is 0 Å². The molecule has 2 rings (SSSR count). The fraction of sp³-hybridized carbons (Fsp3) is 0.0714. The number of ether oxygens (including phenoxy) is 1. The van der Waals surface area contributed by atoms with Crippen LogP contribution in [0.15, 0.2) is 36.7 Å². The molecule has 7 heteroatoms. The second-order valence-electron chi connectivity index (χ2n) is 4.07. The van der Waals surface area contributed by atoms with E-state index >= 15 is 0 Å². The minimum atomic E-state index is -1.13. The van der Waals surface area contributed by atoms with Crippen molar-refractivity contribution < 1.29 is 24.5 Å². The average molecular weight is 288 g/mol. The predicted octanol–water partition coefficient (Wildman–Crippen LogP) is 1.75. The third-order valence-electron chi connectivity index (χ3n) is 2.73. The van der Waals surface area contributed by atoms with Gasteiger partial charge in [-0.15, -0.1) is 0 Å². The highest BCUT2D eigenvalue weighted by Gasteiger charge is 2.14. The van der Waals surface area contributed by atoms with Crippen LogP contribution in [0.5, 0.6) is 11.5 Å². The number of nitrogens with one attached hydrogen (secondary N) is 1. The molecule has 1 heterocycles. The summed E-state index contributed by atoms with van der Waals surface area (Å²) in [4.78, 5) is 26.6. The Bertz CT molecular complexity index is 700. The van der Waals surface area contributed by atoms with E-state index in [0.717, 1.165) is 6.20 Å². The number of carboxylic acid groups (broad SMARTS) is 1. The molecule has 0 aliphatic rings. The van der Waals surface area contributed by atoms with Gasteiger partial charge in [0.1, 0.15) is 17.1 Å². The van der Waals surface area contributed by atoms with Crippen molar-refractivity contribution in [3.8, 4) is 11.5 Å². The molecule has 7 nitrogen and oxygen atoms in total. The summed E-state index contributed by atoms with van der Waals surface area (Å²) >= 11 is 0. The standard InChI is InChI=1S/C14H12N2O5/c1-21-12-6-8(2-3-10(12)14(19)20)16-13(18)9-4-5-15-7-11(9)17/h2-7,17H,1H3,(H,16,18)(H,19,20). The number of rotatable bonds is 4. The topological polar surface area (TPSA) is 109 Å². The van der Waals surface area contributed by atoms with Crippen LogP contribution in [0.2, 0.25) is 0 Å². The molecular weight excluding hydrogens is 276 g/mol. The van der Waals surface area contributed by atoms with Gasteiger partial charge in [-0.1, -0.05) is 0 Å². The molecule has 2 aromatic rings. The molecule has 108 valence electrons. The number of hydrogen-bond donors (Lipinski definition) is 3. The van der Waals surface area contributed by atoms with Gasteiger partial charge in [-0.25, -0.2) is 4.79 Å². The molecule has 3 N–H and O–H groups in total. The zero-order valence-corrected chi connectivity index (χ0v) is 11.0. The smallest absolute Gasteiger partial charge is 0.339 e. The van der Waals surface area contributed by atoms with E-state index < -0.39 is 11.9 Å². The summed E-state index contributed by atoms with van der Waals surface area (Å²) in [5.41, 5.74) is 0.395. The number of hydrogen-bond acceptors (Lipinski definition) is 5. The Kier molecular flexibility index (Phi) is 4.03. The molecule has 0 aliphatic carbocycles. The van der Waals surface area contributed by atoms with Crippen LogP contribution in [0, 0.1) is 0 Å². The molecule has 0 unspecified atom stereocenters. The van der Waals surface area contributed by atoms with Crippen molar-refractivity contribution >= 4 is 17.6 Å². The molecule has 0 bridgehead atoms. The van der Waals surface area contributed by atoms with Gasteiger partial charge in [0.2, 0.25) is 0 Å². The van der Waals surface area contributed by atoms with Crippen molar-refractivity contribution in [3.63, 3.8) is 0 Å². The third kappa shape index (κ3) is 3.08. The first-order chi connectivity index (χ1) is 10.0. The Balaban J connectivity index is 2.26. The molecule has 0 saturated heterocycles. The van der Waals surface area contributed by atoms with Crippen LogP contribution in [0.4, 0.5) is 5.69 Å². The van der Waals surface area contributed by atoms with Crippen LogP contribution in [-0.2, 0) is 0 Å². The minimum Gasteiger partial charge on any atom is -0.505 e. The molecule has 21 heavy (non-hydrogen) atoms. The first-order valence-electron chi connectivity index (χ1n) is 5.88. The van der Waals surface area contributed by atoms with Gasteiger partial charge in [0.15, 0.2) is 0 Å². The highest BCUT2D eigenvalue weighted by molar-refractivity contribution is 6.06. The molecule has 0 fully saturated rings. The van der Waals surface area contributed by atoms with Gasteiger partial charge < -0.3 is 20.3 Å². The lowest BCUT2D eigenvalue weighted by atomic mass is 10.1. The number of carbonyl (C=O) groups excluding carboxylic acids is 1. The van der Waals surface area contributed by atoms with E-state index in [4.69, 9.17) is 9.84 Å². The van der Waals surface area contributed by atoms with Gasteiger partial charge in [0.05, 0.1) is 18.9 Å². The molecule has 1 aromatic heterocycles. The van der Waals surface area contributed by atoms with Crippen LogP contribution in [-0.4, -0.2) is 34.2 Å². The number of methoxy groups -OCH3 is 1. The summed E-state index contributed by atoms with van der Waals surface area (Å²) in [7, 11) is 1.34. The monoisotopic (exact) mass is 288 g/mol. The van der Waals surface area contributed by atoms with Crippen molar-refractivity contribution in [2.45, 2.75) is 0 Å². The molecule has 0 spiro atoms. The van der Waals surface area contributed by atoms with Gasteiger partial charge in [-0.05, 0) is 18.2 Å². The SMILES string of the molecule is COc1cc(NC(=O)c2ccncc2O)ccc1C(=O)O. The van der Waals surface area contributed by atoms with Crippen molar-refractivity contribution in [3.05, 3.63) is 47.8 Å². The van der Waals surface area contributed by atoms with E-state index in [1.165, 1.54) is 37.6 Å². The fourth-order valence-electron chi connectivity index (χ4n) is 1.72. The van der Waals surface area contributed by atoms with Crippen LogP contribution in [0.25, 0.3) is 0 Å². The normalized spacial score (nSPS) is 9.95. The second kappa shape index (κ2) is 5.91. The molecule has 0 atom stereocenters. The Hall–Kier alpha value is -3.09. The Morgan fingerprint density at radius 3 is 2.62 bits per heavy atom. The first kappa shape index (κ1) is 14.3. The molecule has 0 aliphatic heterocycles. The zero-order valence-electron chi connectivity index (χ0n) is 11.0. The number of carboxylic acids is 1. The summed E-state index contributed by atoms with van der Waals surface area (Å²) in [6.45, 7) is 0. The lowest BCUT2D eigenvalue weighted by Gasteiger charge is -2.10. The average Bonchev–Trinajstić information content (AvgIpc) is 2.47. The molecule has 1 amide bonds. The van der Waals surface area contributed by atoms with Crippen LogP contribution < -0.4 is 10.1 Å². The van der Waals surface area contributed by atoms with E-state index in [0.29, 0.717) is 5.69 Å². The second-order valence-corrected chi connectivity index (χ2v) is 4.07. The Morgan fingerprint density at radius 2 is 2.00 bits per heavy atom. The number of benzene rings is 1. The maximum absolute atomic E-state index is 12.0. The maximum atomic E-state index is 12.0. The number of nitrogens with zero attached hydrogens (tertiary/aromatic N) is 1. The van der Waals surface area contributed by atoms with E-state index in [1.807, 2.05) is 0 Å². The zero-order chi connectivity index (χ0) is 15.4. The van der Waals surface area contributed by atoms with Crippen LogP contribution >= 0.6 is 0 Å². The minimum absolute atomic E-state index is 0.0118. The van der Waals surface area contributed by atoms with Gasteiger partial charge in [-0.3, -0.25) is 9.78 Å². The van der Waals surface area contributed by atoms with Gasteiger partial charge >= 0.3 is 5.97 Å². The number of aromatic nitrogens is 1. The van der Waals surface area contributed by atoms with Crippen molar-refractivity contribution in [2.24, 2.45) is 0 Å². The maximum Gasteiger partial charge on any atom is 0.339 e. The quantitative estimate of drug-likeness (QED) is 0.790. The molecular formula is C14H12N2O5. The lowest BCUT2D eigenvalue weighted by Crippen LogP contribution is -2.12. The van der Waals surface area contributed by atoms with E-state index in [1.54, 1.807) is 0 Å². The van der Waals surface area contributed by atoms with Gasteiger partial charge in [-0.2, -0.15) is 0 Å². The number of amides is 1. The molecule has 1 aromatic carbocycles. The first-order valence-corrected chi connectivity index (χ1v) is 5.88. The summed E-state index contributed by atoms with van der Waals surface area (Å²) < 4.78 is 4.97. The third-order valence-corrected chi connectivity index (χ3v) is 2.73. The summed E-state index contributed by atoms with van der Waals surface area (Å²) in [6.07, 6.45) is 2.53. The number of pyridine rings is 1. The van der Waals surface area contributed by atoms with Crippen LogP contribution in [0.3, 0.4) is 0 Å². The molecule has 0 radical (unpaired) electrons. The lowest BCUT2D eigenvalue weighted by molar-refractivity contribution is 0.0693. The van der Waals surface area contributed by atoms with Crippen molar-refractivity contribution in [1.82, 2.24) is 4.98 Å². The number of aromatic carboxylic acids is 1. The largest absolute Gasteiger partial charge is 0.505 e. The number of carbonyl (C=O) groups is 2. The summed E-state index contributed by atoms with van der Waals surface area (Å²) in [5, 5.41) is 21.1. The molecule has 0 saturated carbocycles. The van der Waals surface area contributed by atoms with E-state index in [-0.39, 0.29) is 22.6 Å². The van der Waals surface area contributed by atoms with Gasteiger partial charge in [0, 0.05) is 18.0 Å². The summed E-state index contributed by atoms with van der Waals surface area (Å²) in [6, 6.07) is 5.51. The highest BCUT2D eigenvalue weighted by Crippen LogP contribution is 2.24. The predicted molar refractivity (Wildman–Crippen MR) is 73.8 cm³/mol. The van der Waals surface area contributed by atoms with E-state index in [9.17, 15) is 14.7 Å². The Morgan fingerprint density at radius 1 is 1.24 bits per heavy atom.